The zero-order valence-electron chi connectivity index (χ0n) is 9.84. The number of carbonyl (C=O) groups is 1. The van der Waals surface area contributed by atoms with Gasteiger partial charge < -0.3 is 5.11 Å². The van der Waals surface area contributed by atoms with Crippen LogP contribution in [0.5, 0.6) is 0 Å². The van der Waals surface area contributed by atoms with E-state index in [1.807, 2.05) is 0 Å². The van der Waals surface area contributed by atoms with Gasteiger partial charge in [-0.3, -0.25) is 0 Å². The van der Waals surface area contributed by atoms with E-state index in [9.17, 15) is 13.2 Å². The summed E-state index contributed by atoms with van der Waals surface area (Å²) in [7, 11) is -3.57. The van der Waals surface area contributed by atoms with Crippen LogP contribution in [-0.2, 0) is 15.6 Å². The predicted octanol–water partition coefficient (Wildman–Crippen LogP) is 3.84. The fourth-order valence-electron chi connectivity index (χ4n) is 1.55. The van der Waals surface area contributed by atoms with Crippen LogP contribution in [0.15, 0.2) is 39.0 Å². The zero-order valence-corrected chi connectivity index (χ0v) is 13.8. The summed E-state index contributed by atoms with van der Waals surface area (Å²) in [6.45, 7) is 0. The highest BCUT2D eigenvalue weighted by Gasteiger charge is 2.20. The Bertz CT molecular complexity index is 768. The molecule has 1 heterocycles. The fraction of sp³-hybridized carbons (Fsp3) is 0.0833. The van der Waals surface area contributed by atoms with Gasteiger partial charge in [-0.25, -0.2) is 13.2 Å². The second-order valence-electron chi connectivity index (χ2n) is 3.90. The molecule has 20 heavy (non-hydrogen) atoms. The number of carboxylic acid groups (broad SMARTS) is 1. The fourth-order valence-corrected chi connectivity index (χ4v) is 5.31. The molecule has 2 rings (SSSR count). The van der Waals surface area contributed by atoms with Gasteiger partial charge in [-0.1, -0.05) is 11.6 Å². The summed E-state index contributed by atoms with van der Waals surface area (Å²) in [5.41, 5.74) is -0.122. The molecular formula is C12H8BrClO4S2. The van der Waals surface area contributed by atoms with E-state index < -0.39 is 15.8 Å². The summed E-state index contributed by atoms with van der Waals surface area (Å²) in [4.78, 5) is 11.5. The molecule has 106 valence electrons. The lowest BCUT2D eigenvalue weighted by Crippen LogP contribution is -2.06. The first-order chi connectivity index (χ1) is 9.31. The third-order valence-corrected chi connectivity index (χ3v) is 6.60. The molecule has 0 unspecified atom stereocenters. The maximum absolute atomic E-state index is 12.3. The quantitative estimate of drug-likeness (QED) is 0.854. The minimum absolute atomic E-state index is 0.00722. The third kappa shape index (κ3) is 3.22. The van der Waals surface area contributed by atoms with Crippen molar-refractivity contribution in [3.63, 3.8) is 0 Å². The highest BCUT2D eigenvalue weighted by Crippen LogP contribution is 2.29. The largest absolute Gasteiger partial charge is 0.478 e. The van der Waals surface area contributed by atoms with Gasteiger partial charge in [0.05, 0.1) is 21.2 Å². The van der Waals surface area contributed by atoms with Gasteiger partial charge in [-0.05, 0) is 45.6 Å². The molecule has 1 aromatic heterocycles. The standard InChI is InChI=1S/C12H8BrClO4S2/c13-9-3-4-19-11(9)6-20(17,18)7-1-2-8(12(15)16)10(14)5-7/h1-5H,6H2,(H,15,16). The van der Waals surface area contributed by atoms with Gasteiger partial charge in [-0.15, -0.1) is 11.3 Å². The van der Waals surface area contributed by atoms with Gasteiger partial charge in [0.15, 0.2) is 9.84 Å². The van der Waals surface area contributed by atoms with Crippen molar-refractivity contribution in [1.29, 1.82) is 0 Å². The van der Waals surface area contributed by atoms with E-state index in [1.165, 1.54) is 29.5 Å². The van der Waals surface area contributed by atoms with E-state index in [0.717, 1.165) is 4.47 Å². The third-order valence-electron chi connectivity index (χ3n) is 2.54. The number of aromatic carboxylic acids is 1. The highest BCUT2D eigenvalue weighted by atomic mass is 79.9. The summed E-state index contributed by atoms with van der Waals surface area (Å²) in [6, 6.07) is 5.39. The summed E-state index contributed by atoms with van der Waals surface area (Å²) in [5, 5.41) is 10.6. The van der Waals surface area contributed by atoms with Crippen molar-refractivity contribution >= 4 is 54.7 Å². The lowest BCUT2D eigenvalue weighted by atomic mass is 10.2. The number of halogens is 2. The van der Waals surface area contributed by atoms with Gasteiger partial charge in [0.2, 0.25) is 0 Å². The van der Waals surface area contributed by atoms with Crippen LogP contribution in [0.4, 0.5) is 0 Å². The molecule has 4 nitrogen and oxygen atoms in total. The predicted molar refractivity (Wildman–Crippen MR) is 81.3 cm³/mol. The Labute approximate surface area is 133 Å². The first kappa shape index (κ1) is 15.5. The van der Waals surface area contributed by atoms with E-state index in [2.05, 4.69) is 15.9 Å². The molecule has 0 aliphatic heterocycles. The number of rotatable bonds is 4. The van der Waals surface area contributed by atoms with Crippen LogP contribution >= 0.6 is 38.9 Å². The first-order valence-corrected chi connectivity index (χ1v) is 8.99. The smallest absolute Gasteiger partial charge is 0.337 e. The summed E-state index contributed by atoms with van der Waals surface area (Å²) in [6.07, 6.45) is 0. The van der Waals surface area contributed by atoms with Crippen molar-refractivity contribution in [2.75, 3.05) is 0 Å². The van der Waals surface area contributed by atoms with Crippen LogP contribution in [0, 0.1) is 0 Å². The number of benzene rings is 1. The Morgan fingerprint density at radius 3 is 2.55 bits per heavy atom. The minimum Gasteiger partial charge on any atom is -0.478 e. The molecule has 0 aliphatic carbocycles. The molecule has 0 aliphatic rings. The Kier molecular flexibility index (Phi) is 4.53. The molecule has 0 saturated carbocycles. The van der Waals surface area contributed by atoms with Gasteiger partial charge in [-0.2, -0.15) is 0 Å². The van der Waals surface area contributed by atoms with Gasteiger partial charge in [0, 0.05) is 9.35 Å². The molecule has 0 atom stereocenters. The Balaban J connectivity index is 2.38. The zero-order chi connectivity index (χ0) is 14.9. The molecule has 2 aromatic rings. The molecule has 0 radical (unpaired) electrons. The number of sulfone groups is 1. The molecule has 0 saturated heterocycles. The van der Waals surface area contributed by atoms with Crippen LogP contribution in [0.3, 0.4) is 0 Å². The van der Waals surface area contributed by atoms with E-state index in [4.69, 9.17) is 16.7 Å². The Morgan fingerprint density at radius 1 is 1.35 bits per heavy atom. The number of hydrogen-bond donors (Lipinski definition) is 1. The maximum Gasteiger partial charge on any atom is 0.337 e. The number of hydrogen-bond acceptors (Lipinski definition) is 4. The molecule has 8 heteroatoms. The van der Waals surface area contributed by atoms with E-state index in [1.54, 1.807) is 11.4 Å². The molecule has 0 fully saturated rings. The maximum atomic E-state index is 12.3. The average Bonchev–Trinajstić information content (AvgIpc) is 2.73. The summed E-state index contributed by atoms with van der Waals surface area (Å²) < 4.78 is 25.3. The van der Waals surface area contributed by atoms with Gasteiger partial charge in [0.25, 0.3) is 0 Å². The van der Waals surface area contributed by atoms with Crippen LogP contribution in [0.1, 0.15) is 15.2 Å². The van der Waals surface area contributed by atoms with Gasteiger partial charge in [0.1, 0.15) is 0 Å². The molecule has 0 spiro atoms. The Morgan fingerprint density at radius 2 is 2.05 bits per heavy atom. The Hall–Kier alpha value is -0.890. The number of thiophene rings is 1. The van der Waals surface area contributed by atoms with Crippen molar-refractivity contribution in [1.82, 2.24) is 0 Å². The normalized spacial score (nSPS) is 11.5. The molecule has 0 amide bonds. The van der Waals surface area contributed by atoms with E-state index >= 15 is 0 Å². The van der Waals surface area contributed by atoms with Crippen molar-refractivity contribution < 1.29 is 18.3 Å². The highest BCUT2D eigenvalue weighted by molar-refractivity contribution is 9.10. The average molecular weight is 396 g/mol. The lowest BCUT2D eigenvalue weighted by Gasteiger charge is -2.06. The molecule has 1 N–H and O–H groups in total. The molecular weight excluding hydrogens is 388 g/mol. The minimum atomic E-state index is -3.57. The van der Waals surface area contributed by atoms with Crippen molar-refractivity contribution in [3.8, 4) is 0 Å². The summed E-state index contributed by atoms with van der Waals surface area (Å²) >= 11 is 10.4. The van der Waals surface area contributed by atoms with E-state index in [-0.39, 0.29) is 21.2 Å². The summed E-state index contributed by atoms with van der Waals surface area (Å²) in [5.74, 6) is -1.35. The lowest BCUT2D eigenvalue weighted by molar-refractivity contribution is 0.0697. The van der Waals surface area contributed by atoms with Crippen LogP contribution in [-0.4, -0.2) is 19.5 Å². The van der Waals surface area contributed by atoms with Crippen LogP contribution in [0.25, 0.3) is 0 Å². The topological polar surface area (TPSA) is 71.4 Å². The molecule has 0 bridgehead atoms. The second-order valence-corrected chi connectivity index (χ2v) is 8.15. The molecule has 1 aromatic carbocycles. The van der Waals surface area contributed by atoms with Gasteiger partial charge >= 0.3 is 5.97 Å². The van der Waals surface area contributed by atoms with E-state index in [0.29, 0.717) is 4.88 Å². The monoisotopic (exact) mass is 394 g/mol. The van der Waals surface area contributed by atoms with Crippen molar-refractivity contribution in [3.05, 3.63) is 49.6 Å². The van der Waals surface area contributed by atoms with Crippen LogP contribution in [0.2, 0.25) is 5.02 Å². The van der Waals surface area contributed by atoms with Crippen LogP contribution < -0.4 is 0 Å². The SMILES string of the molecule is O=C(O)c1ccc(S(=O)(=O)Cc2sccc2Br)cc1Cl. The second kappa shape index (κ2) is 5.85. The van der Waals surface area contributed by atoms with Crippen molar-refractivity contribution in [2.45, 2.75) is 10.6 Å². The first-order valence-electron chi connectivity index (χ1n) is 5.29. The number of carboxylic acids is 1. The van der Waals surface area contributed by atoms with Crippen molar-refractivity contribution in [2.24, 2.45) is 0 Å².